The van der Waals surface area contributed by atoms with Gasteiger partial charge in [-0.2, -0.15) is 4.31 Å². The van der Waals surface area contributed by atoms with Crippen molar-refractivity contribution in [1.29, 1.82) is 0 Å². The third kappa shape index (κ3) is 3.26. The number of sulfonamides is 1. The van der Waals surface area contributed by atoms with Gasteiger partial charge in [-0.25, -0.2) is 18.4 Å². The van der Waals surface area contributed by atoms with E-state index in [0.717, 1.165) is 40.7 Å². The van der Waals surface area contributed by atoms with Crippen LogP contribution < -0.4 is 0 Å². The van der Waals surface area contributed by atoms with Crippen molar-refractivity contribution in [2.45, 2.75) is 44.1 Å². The van der Waals surface area contributed by atoms with Crippen molar-refractivity contribution < 1.29 is 8.42 Å². The van der Waals surface area contributed by atoms with E-state index in [9.17, 15) is 8.42 Å². The van der Waals surface area contributed by atoms with Crippen molar-refractivity contribution in [3.05, 3.63) is 42.4 Å². The number of hydrogen-bond donors (Lipinski definition) is 1. The Balaban J connectivity index is 1.73. The van der Waals surface area contributed by atoms with Crippen LogP contribution in [0.25, 0.3) is 22.2 Å². The van der Waals surface area contributed by atoms with E-state index in [4.69, 9.17) is 0 Å². The van der Waals surface area contributed by atoms with E-state index in [1.54, 1.807) is 18.5 Å². The molecule has 4 heterocycles. The molecule has 0 saturated carbocycles. The van der Waals surface area contributed by atoms with Gasteiger partial charge in [0.15, 0.2) is 5.03 Å². The zero-order valence-corrected chi connectivity index (χ0v) is 16.7. The summed E-state index contributed by atoms with van der Waals surface area (Å²) in [5.74, 6) is 0. The summed E-state index contributed by atoms with van der Waals surface area (Å²) < 4.78 is 26.8. The summed E-state index contributed by atoms with van der Waals surface area (Å²) in [7, 11) is -3.49. The van der Waals surface area contributed by atoms with Crippen molar-refractivity contribution in [3.63, 3.8) is 0 Å². The number of nitrogens with one attached hydrogen (secondary N) is 1. The fourth-order valence-electron chi connectivity index (χ4n) is 3.44. The van der Waals surface area contributed by atoms with E-state index >= 15 is 0 Å². The lowest BCUT2D eigenvalue weighted by atomic mass is 9.92. The second-order valence-electron chi connectivity index (χ2n) is 8.05. The molecular weight excluding hydrogens is 360 g/mol. The van der Waals surface area contributed by atoms with Crippen LogP contribution in [0, 0.1) is 0 Å². The second kappa shape index (κ2) is 6.42. The van der Waals surface area contributed by atoms with Gasteiger partial charge in [0.05, 0.1) is 0 Å². The molecular formula is C20H24N4O2S. The third-order valence-electron chi connectivity index (χ3n) is 5.06. The highest BCUT2D eigenvalue weighted by molar-refractivity contribution is 7.89. The lowest BCUT2D eigenvalue weighted by Crippen LogP contribution is -2.28. The third-order valence-corrected chi connectivity index (χ3v) is 6.87. The molecule has 0 radical (unpaired) electrons. The van der Waals surface area contributed by atoms with Gasteiger partial charge in [0.25, 0.3) is 10.0 Å². The Hall–Kier alpha value is -2.25. The summed E-state index contributed by atoms with van der Waals surface area (Å²) in [6.45, 7) is 7.61. The largest absolute Gasteiger partial charge is 0.343 e. The fourth-order valence-corrected chi connectivity index (χ4v) is 4.86. The molecule has 0 unspecified atom stereocenters. The van der Waals surface area contributed by atoms with Crippen molar-refractivity contribution in [1.82, 2.24) is 19.3 Å². The number of rotatable bonds is 3. The summed E-state index contributed by atoms with van der Waals surface area (Å²) >= 11 is 0. The van der Waals surface area contributed by atoms with E-state index in [1.807, 2.05) is 12.1 Å². The molecule has 0 spiro atoms. The minimum absolute atomic E-state index is 0.0100. The molecule has 0 bridgehead atoms. The topological polar surface area (TPSA) is 79.0 Å². The lowest BCUT2D eigenvalue weighted by molar-refractivity contribution is 0.474. The number of H-pyrrole nitrogens is 1. The van der Waals surface area contributed by atoms with Gasteiger partial charge in [0, 0.05) is 47.5 Å². The van der Waals surface area contributed by atoms with Gasteiger partial charge in [-0.3, -0.25) is 0 Å². The predicted molar refractivity (Wildman–Crippen MR) is 106 cm³/mol. The Morgan fingerprint density at radius 1 is 1.07 bits per heavy atom. The van der Waals surface area contributed by atoms with Crippen molar-refractivity contribution in [2.24, 2.45) is 0 Å². The number of fused-ring (bicyclic) bond motifs is 1. The smallest absolute Gasteiger partial charge is 0.260 e. The molecule has 0 atom stereocenters. The standard InChI is InChI=1S/C20H24N4O2S/c1-20(2,3)17-12-16-15(8-9-21-19(16)23-17)14-6-7-18(22-13-14)27(25,26)24-10-4-5-11-24/h6-9,12-13H,4-5,10-11H2,1-3H3,(H,21,23). The summed E-state index contributed by atoms with van der Waals surface area (Å²) in [5.41, 5.74) is 3.79. The first-order valence-electron chi connectivity index (χ1n) is 9.21. The van der Waals surface area contributed by atoms with Gasteiger partial charge >= 0.3 is 0 Å². The van der Waals surface area contributed by atoms with Crippen LogP contribution in [-0.2, 0) is 15.4 Å². The van der Waals surface area contributed by atoms with Crippen LogP contribution >= 0.6 is 0 Å². The van der Waals surface area contributed by atoms with Crippen LogP contribution in [0.3, 0.4) is 0 Å². The van der Waals surface area contributed by atoms with Gasteiger partial charge < -0.3 is 4.98 Å². The molecule has 7 heteroatoms. The SMILES string of the molecule is CC(C)(C)c1cc2c(-c3ccc(S(=O)(=O)N4CCCC4)nc3)ccnc2[nH]1. The van der Waals surface area contributed by atoms with Crippen LogP contribution in [0.4, 0.5) is 0 Å². The molecule has 3 aromatic rings. The van der Waals surface area contributed by atoms with Crippen molar-refractivity contribution in [2.75, 3.05) is 13.1 Å². The minimum atomic E-state index is -3.49. The number of aromatic amines is 1. The molecule has 27 heavy (non-hydrogen) atoms. The van der Waals surface area contributed by atoms with Crippen LogP contribution in [0.1, 0.15) is 39.3 Å². The minimum Gasteiger partial charge on any atom is -0.343 e. The molecule has 4 rings (SSSR count). The molecule has 0 aliphatic carbocycles. The maximum Gasteiger partial charge on any atom is 0.260 e. The number of aromatic nitrogens is 3. The Morgan fingerprint density at radius 2 is 1.81 bits per heavy atom. The number of hydrogen-bond acceptors (Lipinski definition) is 4. The monoisotopic (exact) mass is 384 g/mol. The van der Waals surface area contributed by atoms with Gasteiger partial charge in [-0.05, 0) is 42.7 Å². The number of nitrogens with zero attached hydrogens (tertiary/aromatic N) is 3. The molecule has 1 saturated heterocycles. The molecule has 1 aliphatic heterocycles. The van der Waals surface area contributed by atoms with Gasteiger partial charge in [-0.1, -0.05) is 20.8 Å². The van der Waals surface area contributed by atoms with Gasteiger partial charge in [0.2, 0.25) is 0 Å². The average Bonchev–Trinajstić information content (AvgIpc) is 3.31. The molecule has 1 aliphatic rings. The van der Waals surface area contributed by atoms with E-state index < -0.39 is 10.0 Å². The van der Waals surface area contributed by atoms with E-state index in [1.165, 1.54) is 4.31 Å². The average molecular weight is 385 g/mol. The van der Waals surface area contributed by atoms with Crippen LogP contribution in [0.15, 0.2) is 41.7 Å². The van der Waals surface area contributed by atoms with E-state index in [2.05, 4.69) is 41.8 Å². The van der Waals surface area contributed by atoms with Crippen molar-refractivity contribution in [3.8, 4) is 11.1 Å². The molecule has 1 N–H and O–H groups in total. The summed E-state index contributed by atoms with van der Waals surface area (Å²) in [5, 5.41) is 1.13. The Morgan fingerprint density at radius 3 is 2.44 bits per heavy atom. The lowest BCUT2D eigenvalue weighted by Gasteiger charge is -2.15. The van der Waals surface area contributed by atoms with Gasteiger partial charge in [0.1, 0.15) is 5.65 Å². The predicted octanol–water partition coefficient (Wildman–Crippen LogP) is 3.71. The summed E-state index contributed by atoms with van der Waals surface area (Å²) in [6.07, 6.45) is 5.23. The zero-order chi connectivity index (χ0) is 19.2. The molecule has 0 amide bonds. The van der Waals surface area contributed by atoms with Crippen LogP contribution in [0.5, 0.6) is 0 Å². The van der Waals surface area contributed by atoms with Crippen molar-refractivity contribution >= 4 is 21.1 Å². The Bertz CT molecular complexity index is 1070. The quantitative estimate of drug-likeness (QED) is 0.747. The summed E-state index contributed by atoms with van der Waals surface area (Å²) in [6, 6.07) is 7.49. The maximum absolute atomic E-state index is 12.7. The Kier molecular flexibility index (Phi) is 4.31. The maximum atomic E-state index is 12.7. The molecule has 142 valence electrons. The second-order valence-corrected chi connectivity index (χ2v) is 9.93. The molecule has 3 aromatic heterocycles. The highest BCUT2D eigenvalue weighted by Gasteiger charge is 2.28. The zero-order valence-electron chi connectivity index (χ0n) is 15.9. The molecule has 6 nitrogen and oxygen atoms in total. The summed E-state index contributed by atoms with van der Waals surface area (Å²) in [4.78, 5) is 12.1. The van der Waals surface area contributed by atoms with Gasteiger partial charge in [-0.15, -0.1) is 0 Å². The number of pyridine rings is 2. The van der Waals surface area contributed by atoms with Crippen LogP contribution in [0.2, 0.25) is 0 Å². The van der Waals surface area contributed by atoms with Crippen LogP contribution in [-0.4, -0.2) is 40.8 Å². The molecule has 0 aromatic carbocycles. The first-order valence-corrected chi connectivity index (χ1v) is 10.7. The molecule has 1 fully saturated rings. The highest BCUT2D eigenvalue weighted by atomic mass is 32.2. The highest BCUT2D eigenvalue weighted by Crippen LogP contribution is 2.32. The Labute approximate surface area is 159 Å². The first kappa shape index (κ1) is 18.1. The first-order chi connectivity index (χ1) is 12.8. The normalized spacial score (nSPS) is 16.3. The van der Waals surface area contributed by atoms with E-state index in [0.29, 0.717) is 13.1 Å². The fraction of sp³-hybridized carbons (Fsp3) is 0.400. The van der Waals surface area contributed by atoms with E-state index in [-0.39, 0.29) is 10.4 Å².